The molecule has 2 unspecified atom stereocenters. The van der Waals surface area contributed by atoms with Crippen molar-refractivity contribution in [1.29, 1.82) is 0 Å². The minimum Gasteiger partial charge on any atom is -0.323 e. The van der Waals surface area contributed by atoms with Gasteiger partial charge in [0.2, 0.25) is 0 Å². The molecule has 2 aliphatic rings. The van der Waals surface area contributed by atoms with Gasteiger partial charge in [-0.25, -0.2) is 0 Å². The first kappa shape index (κ1) is 6.09. The highest BCUT2D eigenvalue weighted by atomic mass is 14.7. The molecule has 0 aromatic carbocycles. The molecular weight excluding hydrogens is 98.1 g/mol. The summed E-state index contributed by atoms with van der Waals surface area (Å²) in [6, 6.07) is 0. The lowest BCUT2D eigenvalue weighted by Crippen LogP contribution is -1.93. The van der Waals surface area contributed by atoms with Crippen LogP contribution in [0.15, 0.2) is 0 Å². The van der Waals surface area contributed by atoms with E-state index in [0.29, 0.717) is 0 Å². The van der Waals surface area contributed by atoms with Gasteiger partial charge in [-0.05, 0) is 45.2 Å². The molecule has 2 fully saturated rings. The second kappa shape index (κ2) is 2.49. The highest BCUT2D eigenvalue weighted by molar-refractivity contribution is 4.95. The van der Waals surface area contributed by atoms with Gasteiger partial charge in [-0.1, -0.05) is 0 Å². The first-order chi connectivity index (χ1) is 3.88. The molecule has 0 spiro atoms. The third kappa shape index (κ3) is 1.22. The second-order valence-electron chi connectivity index (χ2n) is 2.83. The Morgan fingerprint density at radius 2 is 1.50 bits per heavy atom. The minimum atomic E-state index is 1.23. The fraction of sp³-hybridized carbons (Fsp3) is 1.00. The topological polar surface area (TPSA) is 12.0 Å². The third-order valence-corrected chi connectivity index (χ3v) is 1.98. The van der Waals surface area contributed by atoms with Crippen LogP contribution in [-0.2, 0) is 0 Å². The van der Waals surface area contributed by atoms with E-state index in [1.165, 1.54) is 11.8 Å². The molecule has 0 aliphatic heterocycles. The van der Waals surface area contributed by atoms with E-state index in [1.54, 1.807) is 19.3 Å². The summed E-state index contributed by atoms with van der Waals surface area (Å²) in [5, 5.41) is 2.75. The van der Waals surface area contributed by atoms with E-state index in [0.717, 1.165) is 0 Å². The molecule has 0 radical (unpaired) electrons. The Morgan fingerprint density at radius 1 is 1.12 bits per heavy atom. The molecule has 0 heterocycles. The molecule has 0 saturated heterocycles. The summed E-state index contributed by atoms with van der Waals surface area (Å²) in [4.78, 5) is 0. The molecule has 0 aromatic rings. The molecule has 1 heteroatoms. The Kier molecular flexibility index (Phi) is 1.90. The highest BCUT2D eigenvalue weighted by Gasteiger charge is 2.44. The summed E-state index contributed by atoms with van der Waals surface area (Å²) >= 11 is 0. The smallest absolute Gasteiger partial charge is 0.0167 e. The minimum absolute atomic E-state index is 1.23. The van der Waals surface area contributed by atoms with Gasteiger partial charge in [0.05, 0.1) is 0 Å². The number of hydrogen-bond donors (Lipinski definition) is 1. The van der Waals surface area contributed by atoms with Crippen molar-refractivity contribution in [2.24, 2.45) is 11.8 Å². The van der Waals surface area contributed by atoms with Gasteiger partial charge in [-0.15, -0.1) is 0 Å². The van der Waals surface area contributed by atoms with Crippen LogP contribution in [0.3, 0.4) is 0 Å². The Bertz CT molecular complexity index is 58.8. The summed E-state index contributed by atoms with van der Waals surface area (Å²) in [6.07, 6.45) is 4.70. The van der Waals surface area contributed by atoms with Crippen molar-refractivity contribution in [3.63, 3.8) is 0 Å². The third-order valence-electron chi connectivity index (χ3n) is 1.98. The SMILES string of the molecule is C1CC2CC12.CNC. The van der Waals surface area contributed by atoms with Gasteiger partial charge in [0.25, 0.3) is 0 Å². The predicted molar refractivity (Wildman–Crippen MR) is 35.8 cm³/mol. The highest BCUT2D eigenvalue weighted by Crippen LogP contribution is 2.55. The van der Waals surface area contributed by atoms with Crippen molar-refractivity contribution in [2.75, 3.05) is 14.1 Å². The van der Waals surface area contributed by atoms with Gasteiger partial charge in [0, 0.05) is 0 Å². The van der Waals surface area contributed by atoms with Gasteiger partial charge in [0.15, 0.2) is 0 Å². The summed E-state index contributed by atoms with van der Waals surface area (Å²) in [5.41, 5.74) is 0. The molecule has 2 rings (SSSR count). The lowest BCUT2D eigenvalue weighted by atomic mass is 10.0. The number of fused-ring (bicyclic) bond motifs is 1. The lowest BCUT2D eigenvalue weighted by molar-refractivity contribution is 0.468. The first-order valence-electron chi connectivity index (χ1n) is 3.47. The molecule has 0 bridgehead atoms. The maximum atomic E-state index is 2.75. The van der Waals surface area contributed by atoms with Crippen molar-refractivity contribution < 1.29 is 0 Å². The van der Waals surface area contributed by atoms with Gasteiger partial charge in [-0.3, -0.25) is 0 Å². The average molecular weight is 113 g/mol. The van der Waals surface area contributed by atoms with Crippen LogP contribution < -0.4 is 5.32 Å². The number of rotatable bonds is 0. The number of nitrogens with one attached hydrogen (secondary N) is 1. The maximum Gasteiger partial charge on any atom is -0.0167 e. The van der Waals surface area contributed by atoms with E-state index < -0.39 is 0 Å². The van der Waals surface area contributed by atoms with Gasteiger partial charge < -0.3 is 5.32 Å². The van der Waals surface area contributed by atoms with Crippen LogP contribution in [0, 0.1) is 11.8 Å². The molecule has 2 saturated carbocycles. The van der Waals surface area contributed by atoms with Crippen LogP contribution in [0.4, 0.5) is 0 Å². The van der Waals surface area contributed by atoms with E-state index in [1.807, 2.05) is 14.1 Å². The van der Waals surface area contributed by atoms with Gasteiger partial charge in [-0.2, -0.15) is 0 Å². The van der Waals surface area contributed by atoms with Crippen molar-refractivity contribution in [3.05, 3.63) is 0 Å². The zero-order chi connectivity index (χ0) is 5.98. The molecular formula is C7H15N. The molecule has 2 atom stereocenters. The van der Waals surface area contributed by atoms with Crippen molar-refractivity contribution >= 4 is 0 Å². The summed E-state index contributed by atoms with van der Waals surface area (Å²) in [5.74, 6) is 2.46. The van der Waals surface area contributed by atoms with Crippen LogP contribution in [-0.4, -0.2) is 14.1 Å². The van der Waals surface area contributed by atoms with Gasteiger partial charge >= 0.3 is 0 Å². The average Bonchev–Trinajstić information content (AvgIpc) is 2.16. The fourth-order valence-electron chi connectivity index (χ4n) is 1.18. The molecule has 8 heavy (non-hydrogen) atoms. The second-order valence-corrected chi connectivity index (χ2v) is 2.83. The van der Waals surface area contributed by atoms with Crippen LogP contribution in [0.1, 0.15) is 19.3 Å². The van der Waals surface area contributed by atoms with Crippen molar-refractivity contribution in [1.82, 2.24) is 5.32 Å². The van der Waals surface area contributed by atoms with Gasteiger partial charge in [0.1, 0.15) is 0 Å². The van der Waals surface area contributed by atoms with E-state index in [-0.39, 0.29) is 0 Å². The normalized spacial score (nSPS) is 38.2. The zero-order valence-electron chi connectivity index (χ0n) is 5.78. The van der Waals surface area contributed by atoms with Crippen LogP contribution in [0.2, 0.25) is 0 Å². The monoisotopic (exact) mass is 113 g/mol. The standard InChI is InChI=1S/C5H8.C2H7N/c1-2-5-3-4(1)5;1-3-2/h4-5H,1-3H2;3H,1-2H3. The predicted octanol–water partition coefficient (Wildman–Crippen LogP) is 1.25. The molecule has 1 nitrogen and oxygen atoms in total. The Morgan fingerprint density at radius 3 is 1.50 bits per heavy atom. The van der Waals surface area contributed by atoms with Crippen LogP contribution in [0.5, 0.6) is 0 Å². The van der Waals surface area contributed by atoms with E-state index >= 15 is 0 Å². The van der Waals surface area contributed by atoms with E-state index in [9.17, 15) is 0 Å². The van der Waals surface area contributed by atoms with Crippen molar-refractivity contribution in [2.45, 2.75) is 19.3 Å². The Hall–Kier alpha value is -0.0400. The lowest BCUT2D eigenvalue weighted by Gasteiger charge is -2.04. The zero-order valence-corrected chi connectivity index (χ0v) is 5.78. The van der Waals surface area contributed by atoms with E-state index in [4.69, 9.17) is 0 Å². The summed E-state index contributed by atoms with van der Waals surface area (Å²) in [6.45, 7) is 0. The van der Waals surface area contributed by atoms with Crippen LogP contribution in [0.25, 0.3) is 0 Å². The summed E-state index contributed by atoms with van der Waals surface area (Å²) in [7, 11) is 3.75. The van der Waals surface area contributed by atoms with Crippen molar-refractivity contribution in [3.8, 4) is 0 Å². The Balaban J connectivity index is 0.0000000960. The Labute approximate surface area is 51.5 Å². The largest absolute Gasteiger partial charge is 0.323 e. The molecule has 2 aliphatic carbocycles. The molecule has 48 valence electrons. The molecule has 1 N–H and O–H groups in total. The number of hydrogen-bond acceptors (Lipinski definition) is 1. The summed E-state index contributed by atoms with van der Waals surface area (Å²) < 4.78 is 0. The maximum absolute atomic E-state index is 2.75. The quantitative estimate of drug-likeness (QED) is 0.498. The van der Waals surface area contributed by atoms with Crippen LogP contribution >= 0.6 is 0 Å². The molecule has 0 amide bonds. The first-order valence-corrected chi connectivity index (χ1v) is 3.47. The fourth-order valence-corrected chi connectivity index (χ4v) is 1.18. The molecule has 0 aromatic heterocycles. The van der Waals surface area contributed by atoms with E-state index in [2.05, 4.69) is 5.32 Å².